The van der Waals surface area contributed by atoms with Gasteiger partial charge in [-0.2, -0.15) is 26.3 Å². The molecule has 2 saturated heterocycles. The molecule has 4 rings (SSSR count). The van der Waals surface area contributed by atoms with Gasteiger partial charge < -0.3 is 19.4 Å². The van der Waals surface area contributed by atoms with Crippen molar-refractivity contribution in [3.05, 3.63) is 54.2 Å². The Kier molecular flexibility index (Phi) is 11.1. The fourth-order valence-electron chi connectivity index (χ4n) is 3.87. The second kappa shape index (κ2) is 13.6. The lowest BCUT2D eigenvalue weighted by molar-refractivity contribution is -0.193. The number of aromatic nitrogens is 1. The molecule has 2 N–H and O–H groups in total. The second-order valence-electron chi connectivity index (χ2n) is 8.62. The highest BCUT2D eigenvalue weighted by molar-refractivity contribution is 5.73. The van der Waals surface area contributed by atoms with E-state index in [4.69, 9.17) is 29.0 Å². The average molecular weight is 555 g/mol. The lowest BCUT2D eigenvalue weighted by atomic mass is 9.89. The smallest absolute Gasteiger partial charge is 0.475 e. The summed E-state index contributed by atoms with van der Waals surface area (Å²) in [5, 5.41) is 14.2. The van der Waals surface area contributed by atoms with Crippen LogP contribution in [0.2, 0.25) is 0 Å². The number of hydrogen-bond donors (Lipinski definition) is 2. The fraction of sp³-hybridized carbons (Fsp3) is 0.522. The fourth-order valence-corrected chi connectivity index (χ4v) is 3.87. The molecular formula is C23H27F6N3O6. The van der Waals surface area contributed by atoms with Gasteiger partial charge >= 0.3 is 24.3 Å². The zero-order valence-electron chi connectivity index (χ0n) is 20.0. The number of rotatable bonds is 4. The van der Waals surface area contributed by atoms with Crippen LogP contribution >= 0.6 is 0 Å². The number of nitrogens with zero attached hydrogens (tertiary/aromatic N) is 3. The Balaban J connectivity index is 0.000000301. The molecule has 9 nitrogen and oxygen atoms in total. The van der Waals surface area contributed by atoms with E-state index in [0.29, 0.717) is 0 Å². The number of aliphatic carboxylic acids is 2. The molecule has 2 aromatic rings. The topological polar surface area (TPSA) is 116 Å². The number of ether oxygens (including phenoxy) is 1. The maximum atomic E-state index is 10.6. The molecular weight excluding hydrogens is 528 g/mol. The lowest BCUT2D eigenvalue weighted by Crippen LogP contribution is -2.56. The molecule has 2 aliphatic heterocycles. The molecule has 212 valence electrons. The van der Waals surface area contributed by atoms with Gasteiger partial charge in [-0.05, 0) is 30.5 Å². The molecule has 2 aromatic heterocycles. The Bertz CT molecular complexity index is 969. The van der Waals surface area contributed by atoms with E-state index in [0.717, 1.165) is 58.7 Å². The maximum absolute atomic E-state index is 10.6. The van der Waals surface area contributed by atoms with E-state index in [1.165, 1.54) is 11.1 Å². The molecule has 0 bridgehead atoms. The van der Waals surface area contributed by atoms with Gasteiger partial charge in [-0.3, -0.25) is 14.8 Å². The Labute approximate surface area is 213 Å². The number of halogens is 6. The summed E-state index contributed by atoms with van der Waals surface area (Å²) < 4.78 is 74.9. The molecule has 0 radical (unpaired) electrons. The molecule has 0 aliphatic carbocycles. The number of hydrogen-bond acceptors (Lipinski definition) is 7. The van der Waals surface area contributed by atoms with Crippen LogP contribution in [0.4, 0.5) is 26.3 Å². The van der Waals surface area contributed by atoms with Crippen molar-refractivity contribution < 1.29 is 55.3 Å². The second-order valence-corrected chi connectivity index (χ2v) is 8.62. The number of carboxylic acid groups (broad SMARTS) is 2. The minimum absolute atomic E-state index is 0.0351. The highest BCUT2D eigenvalue weighted by atomic mass is 19.4. The number of carboxylic acids is 2. The monoisotopic (exact) mass is 555 g/mol. The first kappa shape index (κ1) is 31.1. The minimum Gasteiger partial charge on any atom is -0.475 e. The largest absolute Gasteiger partial charge is 0.490 e. The lowest BCUT2D eigenvalue weighted by Gasteiger charge is -2.47. The normalized spacial score (nSPS) is 18.1. The van der Waals surface area contributed by atoms with Crippen LogP contribution in [0.1, 0.15) is 24.0 Å². The van der Waals surface area contributed by atoms with E-state index in [1.807, 2.05) is 24.7 Å². The molecule has 0 amide bonds. The van der Waals surface area contributed by atoms with Crippen molar-refractivity contribution >= 4 is 11.9 Å². The van der Waals surface area contributed by atoms with Crippen molar-refractivity contribution in [2.45, 2.75) is 43.9 Å². The third kappa shape index (κ3) is 10.7. The SMILES string of the molecule is O=C(O)C(F)(F)F.O=C(O)C(F)(F)F.c1cncc(CN2CCOC3(CCN(Cc4ccoc4)CC3)C2)c1. The van der Waals surface area contributed by atoms with Gasteiger partial charge in [-0.1, -0.05) is 6.07 Å². The van der Waals surface area contributed by atoms with Crippen LogP contribution in [0.15, 0.2) is 47.5 Å². The summed E-state index contributed by atoms with van der Waals surface area (Å²) in [7, 11) is 0. The summed E-state index contributed by atoms with van der Waals surface area (Å²) in [6, 6.07) is 6.22. The molecule has 0 atom stereocenters. The van der Waals surface area contributed by atoms with Gasteiger partial charge in [0.25, 0.3) is 0 Å². The zero-order valence-corrected chi connectivity index (χ0v) is 20.0. The molecule has 1 spiro atoms. The highest BCUT2D eigenvalue weighted by Gasteiger charge is 2.40. The van der Waals surface area contributed by atoms with Crippen LogP contribution in [0.25, 0.3) is 0 Å². The first-order valence-corrected chi connectivity index (χ1v) is 11.3. The molecule has 2 fully saturated rings. The Hall–Kier alpha value is -3.17. The molecule has 4 heterocycles. The van der Waals surface area contributed by atoms with Gasteiger partial charge in [0.05, 0.1) is 24.7 Å². The number of piperidine rings is 1. The third-order valence-corrected chi connectivity index (χ3v) is 5.70. The van der Waals surface area contributed by atoms with Crippen LogP contribution in [0.3, 0.4) is 0 Å². The molecule has 2 aliphatic rings. The van der Waals surface area contributed by atoms with Crippen molar-refractivity contribution in [2.24, 2.45) is 0 Å². The van der Waals surface area contributed by atoms with Crippen molar-refractivity contribution in [2.75, 3.05) is 32.8 Å². The zero-order chi connectivity index (χ0) is 28.4. The predicted octanol–water partition coefficient (Wildman–Crippen LogP) is 3.81. The van der Waals surface area contributed by atoms with Crippen LogP contribution in [0.5, 0.6) is 0 Å². The van der Waals surface area contributed by atoms with Crippen LogP contribution in [0, 0.1) is 0 Å². The molecule has 15 heteroatoms. The van der Waals surface area contributed by atoms with Gasteiger partial charge in [-0.15, -0.1) is 0 Å². The first-order chi connectivity index (χ1) is 17.7. The average Bonchev–Trinajstić information content (AvgIpc) is 3.34. The molecule has 0 unspecified atom stereocenters. The summed E-state index contributed by atoms with van der Waals surface area (Å²) >= 11 is 0. The highest BCUT2D eigenvalue weighted by Crippen LogP contribution is 2.31. The minimum atomic E-state index is -5.08. The van der Waals surface area contributed by atoms with Gasteiger partial charge in [0.1, 0.15) is 0 Å². The van der Waals surface area contributed by atoms with Crippen LogP contribution < -0.4 is 0 Å². The standard InChI is InChI=1S/C19H25N3O2.2C2HF3O2/c1-2-17(12-20-6-1)13-22-9-11-24-19(16-22)4-7-21(8-5-19)14-18-3-10-23-15-18;2*3-2(4,5)1(6)7/h1-3,6,10,12,15H,4-5,7-9,11,13-14,16H2;2*(H,6,7). The molecule has 0 saturated carbocycles. The Morgan fingerprint density at radius 1 is 0.921 bits per heavy atom. The quantitative estimate of drug-likeness (QED) is 0.544. The summed E-state index contributed by atoms with van der Waals surface area (Å²) in [5.41, 5.74) is 2.58. The molecule has 0 aromatic carbocycles. The number of furan rings is 1. The van der Waals surface area contributed by atoms with E-state index >= 15 is 0 Å². The number of alkyl halides is 6. The number of pyridine rings is 1. The van der Waals surface area contributed by atoms with Gasteiger partial charge in [-0.25, -0.2) is 9.59 Å². The number of likely N-dealkylation sites (tertiary alicyclic amines) is 1. The Morgan fingerprint density at radius 2 is 1.50 bits per heavy atom. The summed E-state index contributed by atoms with van der Waals surface area (Å²) in [6.07, 6.45) is -0.559. The van der Waals surface area contributed by atoms with Gasteiger partial charge in [0.2, 0.25) is 0 Å². The Morgan fingerprint density at radius 3 is 1.97 bits per heavy atom. The van der Waals surface area contributed by atoms with E-state index in [-0.39, 0.29) is 5.60 Å². The number of carbonyl (C=O) groups is 2. The summed E-state index contributed by atoms with van der Waals surface area (Å²) in [5.74, 6) is -5.51. The van der Waals surface area contributed by atoms with E-state index in [2.05, 4.69) is 26.9 Å². The summed E-state index contributed by atoms with van der Waals surface area (Å²) in [6.45, 7) is 7.00. The third-order valence-electron chi connectivity index (χ3n) is 5.70. The maximum Gasteiger partial charge on any atom is 0.490 e. The van der Waals surface area contributed by atoms with Crippen LogP contribution in [-0.4, -0.2) is 87.7 Å². The van der Waals surface area contributed by atoms with E-state index < -0.39 is 24.3 Å². The van der Waals surface area contributed by atoms with Crippen molar-refractivity contribution in [3.8, 4) is 0 Å². The predicted molar refractivity (Wildman–Crippen MR) is 119 cm³/mol. The molecule has 38 heavy (non-hydrogen) atoms. The number of morpholine rings is 1. The van der Waals surface area contributed by atoms with E-state index in [1.54, 1.807) is 6.26 Å². The van der Waals surface area contributed by atoms with E-state index in [9.17, 15) is 26.3 Å². The summed E-state index contributed by atoms with van der Waals surface area (Å²) in [4.78, 5) is 27.0. The van der Waals surface area contributed by atoms with Crippen molar-refractivity contribution in [3.63, 3.8) is 0 Å². The van der Waals surface area contributed by atoms with Gasteiger partial charge in [0.15, 0.2) is 0 Å². The van der Waals surface area contributed by atoms with Crippen molar-refractivity contribution in [1.82, 2.24) is 14.8 Å². The van der Waals surface area contributed by atoms with Crippen molar-refractivity contribution in [1.29, 1.82) is 0 Å². The van der Waals surface area contributed by atoms with Crippen LogP contribution in [-0.2, 0) is 27.4 Å². The van der Waals surface area contributed by atoms with Gasteiger partial charge in [0, 0.05) is 57.2 Å². The first-order valence-electron chi connectivity index (χ1n) is 11.3.